The van der Waals surface area contributed by atoms with Crippen molar-refractivity contribution in [1.82, 2.24) is 0 Å². The molecule has 1 heterocycles. The largest absolute Gasteiger partial charge is 0.493 e. The molecule has 2 atom stereocenters. The summed E-state index contributed by atoms with van der Waals surface area (Å²) in [6, 6.07) is 13.6. The third kappa shape index (κ3) is 2.92. The summed E-state index contributed by atoms with van der Waals surface area (Å²) in [6.45, 7) is 2.49. The van der Waals surface area contributed by atoms with Gasteiger partial charge in [-0.15, -0.1) is 0 Å². The van der Waals surface area contributed by atoms with E-state index in [0.29, 0.717) is 18.8 Å². The van der Waals surface area contributed by atoms with Gasteiger partial charge in [0.2, 0.25) is 0 Å². The number of rotatable bonds is 4. The Balaban J connectivity index is 1.86. The number of fused-ring (bicyclic) bond motifs is 1. The zero-order chi connectivity index (χ0) is 14.8. The third-order valence-corrected chi connectivity index (χ3v) is 4.11. The van der Waals surface area contributed by atoms with Gasteiger partial charge in [0.1, 0.15) is 23.7 Å². The molecule has 0 radical (unpaired) electrons. The van der Waals surface area contributed by atoms with Gasteiger partial charge in [-0.25, -0.2) is 0 Å². The molecule has 2 aromatic rings. The van der Waals surface area contributed by atoms with E-state index < -0.39 is 6.10 Å². The molecule has 0 spiro atoms. The minimum Gasteiger partial charge on any atom is -0.493 e. The highest BCUT2D eigenvalue weighted by atomic mass is 79.9. The third-order valence-electron chi connectivity index (χ3n) is 3.61. The first kappa shape index (κ1) is 14.4. The van der Waals surface area contributed by atoms with E-state index in [2.05, 4.69) is 15.9 Å². The fourth-order valence-corrected chi connectivity index (χ4v) is 3.00. The summed E-state index contributed by atoms with van der Waals surface area (Å²) in [5, 5.41) is 10.7. The quantitative estimate of drug-likeness (QED) is 0.910. The number of hydrogen-bond acceptors (Lipinski definition) is 3. The maximum absolute atomic E-state index is 10.7. The second-order valence-corrected chi connectivity index (χ2v) is 5.94. The molecule has 0 fully saturated rings. The van der Waals surface area contributed by atoms with E-state index in [9.17, 15) is 5.11 Å². The number of hydrogen-bond donors (Lipinski definition) is 1. The van der Waals surface area contributed by atoms with E-state index in [4.69, 9.17) is 9.47 Å². The first-order valence-corrected chi connectivity index (χ1v) is 7.83. The molecule has 2 unspecified atom stereocenters. The normalized spacial score (nSPS) is 18.0. The SMILES string of the molecule is CCOc1ccc(Br)cc1C(O)C1Cc2ccccc2O1. The van der Waals surface area contributed by atoms with Crippen molar-refractivity contribution in [3.8, 4) is 11.5 Å². The van der Waals surface area contributed by atoms with Gasteiger partial charge in [0.15, 0.2) is 0 Å². The van der Waals surface area contributed by atoms with Gasteiger partial charge in [-0.2, -0.15) is 0 Å². The summed E-state index contributed by atoms with van der Waals surface area (Å²) < 4.78 is 12.4. The van der Waals surface area contributed by atoms with E-state index in [-0.39, 0.29) is 6.10 Å². The Morgan fingerprint density at radius 2 is 2.14 bits per heavy atom. The summed E-state index contributed by atoms with van der Waals surface area (Å²) in [7, 11) is 0. The molecule has 3 rings (SSSR count). The van der Waals surface area contributed by atoms with Crippen molar-refractivity contribution >= 4 is 15.9 Å². The molecule has 0 aliphatic carbocycles. The highest BCUT2D eigenvalue weighted by Gasteiger charge is 2.31. The monoisotopic (exact) mass is 348 g/mol. The lowest BCUT2D eigenvalue weighted by Crippen LogP contribution is -2.23. The van der Waals surface area contributed by atoms with Crippen molar-refractivity contribution in [2.75, 3.05) is 6.61 Å². The fourth-order valence-electron chi connectivity index (χ4n) is 2.62. The molecule has 0 aromatic heterocycles. The molecule has 4 heteroatoms. The predicted molar refractivity (Wildman–Crippen MR) is 84.8 cm³/mol. The van der Waals surface area contributed by atoms with Crippen LogP contribution < -0.4 is 9.47 Å². The molecule has 21 heavy (non-hydrogen) atoms. The molecular formula is C17H17BrO3. The minimum atomic E-state index is -0.726. The number of aliphatic hydroxyl groups is 1. The molecule has 1 N–H and O–H groups in total. The Morgan fingerprint density at radius 3 is 2.90 bits per heavy atom. The van der Waals surface area contributed by atoms with Gasteiger partial charge in [-0.1, -0.05) is 34.1 Å². The number of benzene rings is 2. The predicted octanol–water partition coefficient (Wildman–Crippen LogP) is 3.88. The minimum absolute atomic E-state index is 0.282. The second-order valence-electron chi connectivity index (χ2n) is 5.03. The summed E-state index contributed by atoms with van der Waals surface area (Å²) in [5.74, 6) is 1.56. The van der Waals surface area contributed by atoms with Crippen LogP contribution in [-0.4, -0.2) is 17.8 Å². The molecule has 0 amide bonds. The van der Waals surface area contributed by atoms with Crippen LogP contribution >= 0.6 is 15.9 Å². The van der Waals surface area contributed by atoms with Crippen LogP contribution in [0.3, 0.4) is 0 Å². The van der Waals surface area contributed by atoms with Crippen molar-refractivity contribution in [1.29, 1.82) is 0 Å². The van der Waals surface area contributed by atoms with Gasteiger partial charge >= 0.3 is 0 Å². The van der Waals surface area contributed by atoms with E-state index in [1.54, 1.807) is 0 Å². The van der Waals surface area contributed by atoms with E-state index in [1.807, 2.05) is 49.4 Å². The van der Waals surface area contributed by atoms with Crippen molar-refractivity contribution in [2.45, 2.75) is 25.6 Å². The average Bonchev–Trinajstić information content (AvgIpc) is 2.92. The number of ether oxygens (including phenoxy) is 2. The number of aliphatic hydroxyl groups excluding tert-OH is 1. The molecule has 3 nitrogen and oxygen atoms in total. The topological polar surface area (TPSA) is 38.7 Å². The van der Waals surface area contributed by atoms with Gasteiger partial charge in [0.25, 0.3) is 0 Å². The van der Waals surface area contributed by atoms with Crippen molar-refractivity contribution in [3.63, 3.8) is 0 Å². The molecule has 0 saturated heterocycles. The molecule has 0 bridgehead atoms. The van der Waals surface area contributed by atoms with E-state index in [1.165, 1.54) is 0 Å². The lowest BCUT2D eigenvalue weighted by Gasteiger charge is -2.21. The summed E-state index contributed by atoms with van der Waals surface area (Å²) in [4.78, 5) is 0. The lowest BCUT2D eigenvalue weighted by molar-refractivity contribution is 0.0471. The van der Waals surface area contributed by atoms with Crippen LogP contribution in [0.4, 0.5) is 0 Å². The van der Waals surface area contributed by atoms with Crippen LogP contribution in [0.25, 0.3) is 0 Å². The maximum Gasteiger partial charge on any atom is 0.133 e. The fraction of sp³-hybridized carbons (Fsp3) is 0.294. The highest BCUT2D eigenvalue weighted by Crippen LogP contribution is 2.37. The standard InChI is InChI=1S/C17H17BrO3/c1-2-20-15-8-7-12(18)10-13(15)17(19)16-9-11-5-3-4-6-14(11)21-16/h3-8,10,16-17,19H,2,9H2,1H3. The van der Waals surface area contributed by atoms with Crippen molar-refractivity contribution < 1.29 is 14.6 Å². The van der Waals surface area contributed by atoms with Gasteiger partial charge in [0, 0.05) is 16.5 Å². The van der Waals surface area contributed by atoms with Gasteiger partial charge in [-0.3, -0.25) is 0 Å². The smallest absolute Gasteiger partial charge is 0.133 e. The maximum atomic E-state index is 10.7. The van der Waals surface area contributed by atoms with Crippen LogP contribution in [0.1, 0.15) is 24.2 Å². The number of halogens is 1. The first-order valence-electron chi connectivity index (χ1n) is 7.04. The summed E-state index contributed by atoms with van der Waals surface area (Å²) in [5.41, 5.74) is 1.89. The van der Waals surface area contributed by atoms with Crippen LogP contribution in [0.5, 0.6) is 11.5 Å². The Morgan fingerprint density at radius 1 is 1.33 bits per heavy atom. The van der Waals surface area contributed by atoms with Gasteiger partial charge in [-0.05, 0) is 36.8 Å². The average molecular weight is 349 g/mol. The first-order chi connectivity index (χ1) is 10.2. The Kier molecular flexibility index (Phi) is 4.17. The summed E-state index contributed by atoms with van der Waals surface area (Å²) >= 11 is 3.45. The lowest BCUT2D eigenvalue weighted by atomic mass is 9.99. The van der Waals surface area contributed by atoms with Crippen LogP contribution in [0.15, 0.2) is 46.9 Å². The van der Waals surface area contributed by atoms with Crippen molar-refractivity contribution in [3.05, 3.63) is 58.1 Å². The Labute approximate surface area is 132 Å². The molecule has 1 aliphatic heterocycles. The molecule has 1 aliphatic rings. The molecular weight excluding hydrogens is 332 g/mol. The highest BCUT2D eigenvalue weighted by molar-refractivity contribution is 9.10. The van der Waals surface area contributed by atoms with E-state index >= 15 is 0 Å². The van der Waals surface area contributed by atoms with Crippen LogP contribution in [-0.2, 0) is 6.42 Å². The zero-order valence-electron chi connectivity index (χ0n) is 11.8. The Bertz CT molecular complexity index is 617. The molecule has 110 valence electrons. The molecule has 0 saturated carbocycles. The van der Waals surface area contributed by atoms with Crippen LogP contribution in [0.2, 0.25) is 0 Å². The zero-order valence-corrected chi connectivity index (χ0v) is 13.3. The number of para-hydroxylation sites is 1. The second kappa shape index (κ2) is 6.08. The van der Waals surface area contributed by atoms with Crippen LogP contribution in [0, 0.1) is 0 Å². The van der Waals surface area contributed by atoms with E-state index in [0.717, 1.165) is 21.3 Å². The van der Waals surface area contributed by atoms with Gasteiger partial charge < -0.3 is 14.6 Å². The van der Waals surface area contributed by atoms with Gasteiger partial charge in [0.05, 0.1) is 6.61 Å². The van der Waals surface area contributed by atoms with Crippen molar-refractivity contribution in [2.24, 2.45) is 0 Å². The molecule has 2 aromatic carbocycles. The Hall–Kier alpha value is -1.52. The summed E-state index contributed by atoms with van der Waals surface area (Å²) in [6.07, 6.45) is -0.303.